The van der Waals surface area contributed by atoms with Gasteiger partial charge in [-0.25, -0.2) is 13.1 Å². The molecule has 1 aliphatic rings. The monoisotopic (exact) mass is 554 g/mol. The van der Waals surface area contributed by atoms with E-state index in [-0.39, 0.29) is 12.1 Å². The first-order chi connectivity index (χ1) is 18.4. The van der Waals surface area contributed by atoms with Crippen LogP contribution in [0.4, 0.5) is 5.69 Å². The quantitative estimate of drug-likeness (QED) is 0.324. The Morgan fingerprint density at radius 2 is 1.72 bits per heavy atom. The smallest absolute Gasteiger partial charge is 0.251 e. The van der Waals surface area contributed by atoms with Gasteiger partial charge in [-0.1, -0.05) is 18.2 Å². The molecule has 208 valence electrons. The number of aliphatic hydroxyl groups excluding tert-OH is 3. The first-order valence-corrected chi connectivity index (χ1v) is 14.0. The van der Waals surface area contributed by atoms with Crippen molar-refractivity contribution in [2.24, 2.45) is 7.05 Å². The average Bonchev–Trinajstić information content (AvgIpc) is 3.29. The minimum atomic E-state index is -4.29. The number of nitriles is 1. The number of sulfonamides is 1. The number of ether oxygens (including phenoxy) is 1. The third kappa shape index (κ3) is 5.58. The lowest BCUT2D eigenvalue weighted by Crippen LogP contribution is -2.59. The molecule has 1 unspecified atom stereocenters. The Morgan fingerprint density at radius 3 is 2.38 bits per heavy atom. The highest BCUT2D eigenvalue weighted by atomic mass is 32.2. The number of hydrogen-bond donors (Lipinski definition) is 4. The van der Waals surface area contributed by atoms with Crippen molar-refractivity contribution in [1.82, 2.24) is 9.29 Å². The molecule has 0 bridgehead atoms. The molecule has 4 N–H and O–H groups in total. The lowest BCUT2D eigenvalue weighted by Gasteiger charge is -2.39. The van der Waals surface area contributed by atoms with Crippen LogP contribution < -0.4 is 9.62 Å². The standard InChI is InChI=1S/C28H34N4O6S/c1-16(25(14-29)39(36,37)30-15-24-27(34)28(35)26(33)17(2)38-24)22-10-11-23(32(22)5)20-7-6-19-13-21(31(3)4)9-8-18(19)12-20/h6-13,17,24,26-28,30,33-35H,15H2,1-5H3/b25-16+/t17?,24-,26+,27-,28-/m1/s1. The van der Waals surface area contributed by atoms with Crippen molar-refractivity contribution in [2.45, 2.75) is 44.4 Å². The molecule has 0 radical (unpaired) electrons. The Bertz CT molecular complexity index is 1560. The lowest BCUT2D eigenvalue weighted by molar-refractivity contribution is -0.214. The third-order valence-corrected chi connectivity index (χ3v) is 8.76. The molecule has 5 atom stereocenters. The number of hydrogen-bond acceptors (Lipinski definition) is 8. The fourth-order valence-corrected chi connectivity index (χ4v) is 6.04. The SMILES string of the molecule is C/C(=C(/C#N)S(=O)(=O)NC[C@H]1OC(C)[C@H](O)[C@@H](O)[C@@H]1O)c1ccc(-c2ccc3cc(N(C)C)ccc3c2)n1C. The Morgan fingerprint density at radius 1 is 1.05 bits per heavy atom. The summed E-state index contributed by atoms with van der Waals surface area (Å²) in [5.41, 5.74) is 3.70. The van der Waals surface area contributed by atoms with E-state index in [1.54, 1.807) is 19.1 Å². The highest BCUT2D eigenvalue weighted by molar-refractivity contribution is 7.93. The average molecular weight is 555 g/mol. The van der Waals surface area contributed by atoms with Crippen LogP contribution in [0.2, 0.25) is 0 Å². The molecule has 1 aromatic heterocycles. The summed E-state index contributed by atoms with van der Waals surface area (Å²) in [6.45, 7) is 2.69. The Hall–Kier alpha value is -3.24. The summed E-state index contributed by atoms with van der Waals surface area (Å²) >= 11 is 0. The third-order valence-electron chi connectivity index (χ3n) is 7.28. The molecule has 3 aromatic rings. The van der Waals surface area contributed by atoms with Crippen molar-refractivity contribution >= 4 is 32.1 Å². The number of nitrogens with one attached hydrogen (secondary N) is 1. The molecule has 1 aliphatic heterocycles. The van der Waals surface area contributed by atoms with Crippen LogP contribution >= 0.6 is 0 Å². The fraction of sp³-hybridized carbons (Fsp3) is 0.393. The van der Waals surface area contributed by atoms with Gasteiger partial charge in [0.1, 0.15) is 30.5 Å². The maximum atomic E-state index is 13.1. The summed E-state index contributed by atoms with van der Waals surface area (Å²) in [6.07, 6.45) is -6.19. The first kappa shape index (κ1) is 28.8. The molecule has 0 spiro atoms. The molecular formula is C28H34N4O6S. The maximum Gasteiger partial charge on any atom is 0.251 e. The van der Waals surface area contributed by atoms with Gasteiger partial charge >= 0.3 is 0 Å². The summed E-state index contributed by atoms with van der Waals surface area (Å²) in [7, 11) is 1.50. The van der Waals surface area contributed by atoms with E-state index in [0.717, 1.165) is 27.7 Å². The van der Waals surface area contributed by atoms with Gasteiger partial charge in [0.2, 0.25) is 0 Å². The molecule has 0 aliphatic carbocycles. The van der Waals surface area contributed by atoms with Crippen molar-refractivity contribution in [3.05, 3.63) is 59.1 Å². The van der Waals surface area contributed by atoms with Gasteiger partial charge in [-0.05, 0) is 60.5 Å². The van der Waals surface area contributed by atoms with Crippen LogP contribution in [0.25, 0.3) is 27.6 Å². The van der Waals surface area contributed by atoms with Crippen molar-refractivity contribution in [1.29, 1.82) is 5.26 Å². The van der Waals surface area contributed by atoms with Gasteiger partial charge < -0.3 is 29.5 Å². The zero-order valence-corrected chi connectivity index (χ0v) is 23.3. The number of anilines is 1. The van der Waals surface area contributed by atoms with Crippen LogP contribution in [0.15, 0.2) is 53.4 Å². The molecule has 1 fully saturated rings. The number of rotatable bonds is 7. The minimum absolute atomic E-state index is 0.254. The molecule has 10 nitrogen and oxygen atoms in total. The van der Waals surface area contributed by atoms with Gasteiger partial charge in [0.15, 0.2) is 4.91 Å². The van der Waals surface area contributed by atoms with Crippen LogP contribution in [0.1, 0.15) is 19.5 Å². The molecule has 4 rings (SSSR count). The van der Waals surface area contributed by atoms with Crippen LogP contribution in [0, 0.1) is 11.3 Å². The number of aromatic nitrogens is 1. The van der Waals surface area contributed by atoms with Gasteiger partial charge in [0.25, 0.3) is 10.0 Å². The Labute approximate surface area is 228 Å². The number of benzene rings is 2. The molecule has 1 saturated heterocycles. The second kappa shape index (κ2) is 11.1. The summed E-state index contributed by atoms with van der Waals surface area (Å²) in [4.78, 5) is 1.57. The van der Waals surface area contributed by atoms with Gasteiger partial charge in [-0.3, -0.25) is 0 Å². The predicted molar refractivity (Wildman–Crippen MR) is 150 cm³/mol. The predicted octanol–water partition coefficient (Wildman–Crippen LogP) is 1.96. The van der Waals surface area contributed by atoms with Crippen LogP contribution in [0.5, 0.6) is 0 Å². The van der Waals surface area contributed by atoms with Crippen LogP contribution in [-0.4, -0.2) is 79.5 Å². The van der Waals surface area contributed by atoms with E-state index in [4.69, 9.17) is 4.74 Å². The number of nitrogens with zero attached hydrogens (tertiary/aromatic N) is 3. The van der Waals surface area contributed by atoms with Gasteiger partial charge in [-0.15, -0.1) is 0 Å². The van der Waals surface area contributed by atoms with Crippen LogP contribution in [0.3, 0.4) is 0 Å². The number of aliphatic hydroxyl groups is 3. The molecule has 11 heteroatoms. The van der Waals surface area contributed by atoms with E-state index in [0.29, 0.717) is 5.69 Å². The Kier molecular flexibility index (Phi) is 8.18. The molecule has 0 amide bonds. The molecule has 2 aromatic carbocycles. The zero-order valence-electron chi connectivity index (χ0n) is 22.5. The highest BCUT2D eigenvalue weighted by Crippen LogP contribution is 2.31. The van der Waals surface area contributed by atoms with E-state index >= 15 is 0 Å². The highest BCUT2D eigenvalue weighted by Gasteiger charge is 2.42. The molecule has 39 heavy (non-hydrogen) atoms. The molecular weight excluding hydrogens is 520 g/mol. The van der Waals surface area contributed by atoms with E-state index in [1.807, 2.05) is 54.9 Å². The lowest BCUT2D eigenvalue weighted by atomic mass is 9.96. The van der Waals surface area contributed by atoms with E-state index in [2.05, 4.69) is 22.9 Å². The Balaban J connectivity index is 1.60. The maximum absolute atomic E-state index is 13.1. The summed E-state index contributed by atoms with van der Waals surface area (Å²) in [5, 5.41) is 42.0. The first-order valence-electron chi connectivity index (χ1n) is 12.5. The van der Waals surface area contributed by atoms with E-state index < -0.39 is 45.4 Å². The fourth-order valence-electron chi connectivity index (χ4n) is 4.88. The number of fused-ring (bicyclic) bond motifs is 1. The van der Waals surface area contributed by atoms with Crippen molar-refractivity contribution in [3.8, 4) is 17.3 Å². The van der Waals surface area contributed by atoms with Crippen molar-refractivity contribution < 1.29 is 28.5 Å². The van der Waals surface area contributed by atoms with E-state index in [1.165, 1.54) is 6.92 Å². The zero-order chi connectivity index (χ0) is 28.6. The van der Waals surface area contributed by atoms with Gasteiger partial charge in [0.05, 0.1) is 6.10 Å². The van der Waals surface area contributed by atoms with Gasteiger partial charge in [-0.2, -0.15) is 5.26 Å². The summed E-state index contributed by atoms with van der Waals surface area (Å²) < 4.78 is 35.8. The second-order valence-electron chi connectivity index (χ2n) is 10.1. The summed E-state index contributed by atoms with van der Waals surface area (Å²) in [5.74, 6) is 0. The largest absolute Gasteiger partial charge is 0.388 e. The molecule has 2 heterocycles. The van der Waals surface area contributed by atoms with E-state index in [9.17, 15) is 29.0 Å². The number of allylic oxidation sites excluding steroid dienone is 2. The van der Waals surface area contributed by atoms with Crippen LogP contribution in [-0.2, 0) is 21.8 Å². The van der Waals surface area contributed by atoms with Crippen molar-refractivity contribution in [2.75, 3.05) is 25.5 Å². The van der Waals surface area contributed by atoms with Crippen molar-refractivity contribution in [3.63, 3.8) is 0 Å². The topological polar surface area (TPSA) is 148 Å². The normalized spacial score (nSPS) is 24.3. The minimum Gasteiger partial charge on any atom is -0.388 e. The second-order valence-corrected chi connectivity index (χ2v) is 11.8. The molecule has 0 saturated carbocycles. The summed E-state index contributed by atoms with van der Waals surface area (Å²) in [6, 6.07) is 17.8. The van der Waals surface area contributed by atoms with Gasteiger partial charge in [0, 0.05) is 50.3 Å².